The lowest BCUT2D eigenvalue weighted by atomic mass is 10.1. The molecule has 0 aliphatic carbocycles. The largest absolute Gasteiger partial charge is 0.507 e. The van der Waals surface area contributed by atoms with Gasteiger partial charge in [-0.3, -0.25) is 14.2 Å². The van der Waals surface area contributed by atoms with E-state index in [1.807, 2.05) is 0 Å². The molecule has 8 heteroatoms. The number of aryl methyl sites for hydroxylation is 2. The molecule has 0 bridgehead atoms. The van der Waals surface area contributed by atoms with Crippen LogP contribution in [0.15, 0.2) is 16.9 Å². The molecule has 0 amide bonds. The minimum Gasteiger partial charge on any atom is -0.507 e. The third-order valence-electron chi connectivity index (χ3n) is 3.79. The second-order valence-electron chi connectivity index (χ2n) is 5.82. The number of phenolic OH excluding ortho intramolecular Hbond substituents is 1. The molecule has 1 aromatic carbocycles. The molecule has 0 aliphatic heterocycles. The Balaban J connectivity index is 2.66. The van der Waals surface area contributed by atoms with Crippen molar-refractivity contribution >= 4 is 35.4 Å². The van der Waals surface area contributed by atoms with Gasteiger partial charge in [0.05, 0.1) is 24.3 Å². The van der Waals surface area contributed by atoms with Crippen LogP contribution in [0.1, 0.15) is 23.6 Å². The second-order valence-corrected chi connectivity index (χ2v) is 6.88. The molecule has 7 nitrogen and oxygen atoms in total. The number of aromatic hydroxyl groups is 1. The van der Waals surface area contributed by atoms with Crippen molar-refractivity contribution in [1.29, 1.82) is 0 Å². The fourth-order valence-electron chi connectivity index (χ4n) is 2.50. The van der Waals surface area contributed by atoms with E-state index in [0.717, 1.165) is 16.9 Å². The number of methoxy groups -OCH3 is 1. The number of esters is 2. The smallest absolute Gasteiger partial charge is 0.333 e. The molecule has 0 fully saturated rings. The van der Waals surface area contributed by atoms with Crippen LogP contribution in [-0.2, 0) is 25.6 Å². The molecule has 144 valence electrons. The summed E-state index contributed by atoms with van der Waals surface area (Å²) < 4.78 is 11.3. The molecule has 2 rings (SSSR count). The first-order valence-corrected chi connectivity index (χ1v) is 9.05. The Hall–Kier alpha value is -2.87. The van der Waals surface area contributed by atoms with E-state index < -0.39 is 17.5 Å². The summed E-state index contributed by atoms with van der Waals surface area (Å²) in [6.45, 7) is 5.11. The van der Waals surface area contributed by atoms with E-state index in [2.05, 4.69) is 4.74 Å². The second kappa shape index (κ2) is 8.68. The van der Waals surface area contributed by atoms with Crippen LogP contribution < -0.4 is 14.8 Å². The molecule has 0 radical (unpaired) electrons. The summed E-state index contributed by atoms with van der Waals surface area (Å²) in [5, 5.41) is 9.89. The molecular formula is C19H21NO6S. The molecule has 1 heterocycles. The van der Waals surface area contributed by atoms with Crippen LogP contribution in [0, 0.1) is 13.8 Å². The number of aromatic nitrogens is 1. The maximum atomic E-state index is 12.7. The van der Waals surface area contributed by atoms with E-state index in [-0.39, 0.29) is 18.9 Å². The van der Waals surface area contributed by atoms with Gasteiger partial charge in [0.1, 0.15) is 17.0 Å². The highest BCUT2D eigenvalue weighted by Crippen LogP contribution is 2.23. The predicted octanol–water partition coefficient (Wildman–Crippen LogP) is 0.578. The summed E-state index contributed by atoms with van der Waals surface area (Å²) in [6, 6.07) is 3.50. The van der Waals surface area contributed by atoms with Gasteiger partial charge in [-0.25, -0.2) is 4.79 Å². The van der Waals surface area contributed by atoms with Gasteiger partial charge in [0.15, 0.2) is 0 Å². The van der Waals surface area contributed by atoms with Crippen molar-refractivity contribution in [3.8, 4) is 5.75 Å². The normalized spacial score (nSPS) is 12.3. The lowest BCUT2D eigenvalue weighted by molar-refractivity contribution is -0.141. The first-order chi connectivity index (χ1) is 12.8. The summed E-state index contributed by atoms with van der Waals surface area (Å²) in [6.07, 6.45) is 2.84. The van der Waals surface area contributed by atoms with E-state index in [1.54, 1.807) is 39.0 Å². The van der Waals surface area contributed by atoms with E-state index in [9.17, 15) is 19.5 Å². The van der Waals surface area contributed by atoms with Gasteiger partial charge in [-0.05, 0) is 55.7 Å². The highest BCUT2D eigenvalue weighted by Gasteiger charge is 2.11. The number of phenols is 1. The number of hydrogen-bond donors (Lipinski definition) is 1. The van der Waals surface area contributed by atoms with Gasteiger partial charge in [-0.1, -0.05) is 0 Å². The van der Waals surface area contributed by atoms with Gasteiger partial charge in [0.25, 0.3) is 5.56 Å². The van der Waals surface area contributed by atoms with E-state index in [1.165, 1.54) is 17.8 Å². The van der Waals surface area contributed by atoms with Gasteiger partial charge < -0.3 is 14.6 Å². The number of rotatable bonds is 5. The average Bonchev–Trinajstić information content (AvgIpc) is 2.88. The van der Waals surface area contributed by atoms with Gasteiger partial charge in [-0.2, -0.15) is 0 Å². The molecule has 1 aromatic heterocycles. The van der Waals surface area contributed by atoms with Gasteiger partial charge in [0, 0.05) is 0 Å². The molecule has 0 saturated heterocycles. The van der Waals surface area contributed by atoms with Gasteiger partial charge in [-0.15, -0.1) is 11.3 Å². The van der Waals surface area contributed by atoms with E-state index >= 15 is 0 Å². The van der Waals surface area contributed by atoms with Crippen LogP contribution in [0.4, 0.5) is 0 Å². The van der Waals surface area contributed by atoms with Crippen LogP contribution in [0.25, 0.3) is 12.2 Å². The monoisotopic (exact) mass is 391 g/mol. The zero-order chi connectivity index (χ0) is 20.1. The zero-order valence-electron chi connectivity index (χ0n) is 15.6. The lowest BCUT2D eigenvalue weighted by Crippen LogP contribution is -2.34. The van der Waals surface area contributed by atoms with Crippen LogP contribution in [-0.4, -0.2) is 35.3 Å². The zero-order valence-corrected chi connectivity index (χ0v) is 16.4. The summed E-state index contributed by atoms with van der Waals surface area (Å²) in [4.78, 5) is 36.2. The molecular weight excluding hydrogens is 370 g/mol. The lowest BCUT2D eigenvalue weighted by Gasteiger charge is -2.04. The number of carbonyl (C=O) groups is 2. The molecule has 0 saturated carbocycles. The quantitative estimate of drug-likeness (QED) is 0.749. The molecule has 27 heavy (non-hydrogen) atoms. The first-order valence-electron chi connectivity index (χ1n) is 8.23. The summed E-state index contributed by atoms with van der Waals surface area (Å²) in [7, 11) is 1.23. The average molecular weight is 391 g/mol. The standard InChI is InChI=1S/C19H21NO6S/c1-5-26-16(21)9-15-20(10-17(22)25-4)19(24)14(27-15)8-13-6-11(2)18(23)12(3)7-13/h6-9,23H,5,10H2,1-4H3/b14-8-,15-9-. The van der Waals surface area contributed by atoms with Crippen LogP contribution in [0.5, 0.6) is 5.75 Å². The Bertz CT molecular complexity index is 1020. The van der Waals surface area contributed by atoms with E-state index in [0.29, 0.717) is 20.3 Å². The van der Waals surface area contributed by atoms with Crippen molar-refractivity contribution in [1.82, 2.24) is 4.57 Å². The first kappa shape index (κ1) is 20.4. The van der Waals surface area contributed by atoms with Crippen molar-refractivity contribution in [2.75, 3.05) is 13.7 Å². The number of carbonyl (C=O) groups excluding carboxylic acids is 2. The van der Waals surface area contributed by atoms with Crippen LogP contribution in [0.3, 0.4) is 0 Å². The molecule has 0 atom stereocenters. The number of hydrogen-bond acceptors (Lipinski definition) is 7. The Morgan fingerprint density at radius 2 is 1.89 bits per heavy atom. The van der Waals surface area contributed by atoms with Crippen molar-refractivity contribution in [3.05, 3.63) is 48.4 Å². The Morgan fingerprint density at radius 1 is 1.26 bits per heavy atom. The van der Waals surface area contributed by atoms with Gasteiger partial charge in [0.2, 0.25) is 0 Å². The molecule has 0 aliphatic rings. The number of thiazole rings is 1. The Morgan fingerprint density at radius 3 is 2.44 bits per heavy atom. The topological polar surface area (TPSA) is 94.8 Å². The molecule has 2 aromatic rings. The van der Waals surface area contributed by atoms with Crippen molar-refractivity contribution < 1.29 is 24.2 Å². The number of ether oxygens (including phenoxy) is 2. The summed E-state index contributed by atoms with van der Waals surface area (Å²) in [5.74, 6) is -0.991. The third-order valence-corrected chi connectivity index (χ3v) is 4.85. The van der Waals surface area contributed by atoms with Gasteiger partial charge >= 0.3 is 11.9 Å². The van der Waals surface area contributed by atoms with E-state index in [4.69, 9.17) is 4.74 Å². The fourth-order valence-corrected chi connectivity index (χ4v) is 3.53. The Kier molecular flexibility index (Phi) is 6.57. The maximum Gasteiger partial charge on any atom is 0.333 e. The molecule has 0 spiro atoms. The number of nitrogens with zero attached hydrogens (tertiary/aromatic N) is 1. The molecule has 0 unspecified atom stereocenters. The molecule has 1 N–H and O–H groups in total. The third kappa shape index (κ3) is 4.85. The highest BCUT2D eigenvalue weighted by molar-refractivity contribution is 7.07. The minimum atomic E-state index is -0.601. The SMILES string of the molecule is CCOC(=O)/C=c1\s/c(=C\c2cc(C)c(O)c(C)c2)c(=O)n1CC(=O)OC. The van der Waals surface area contributed by atoms with Crippen LogP contribution >= 0.6 is 11.3 Å². The highest BCUT2D eigenvalue weighted by atomic mass is 32.1. The van der Waals surface area contributed by atoms with Crippen molar-refractivity contribution in [2.24, 2.45) is 0 Å². The summed E-state index contributed by atoms with van der Waals surface area (Å²) in [5.41, 5.74) is 1.69. The maximum absolute atomic E-state index is 12.7. The minimum absolute atomic E-state index is 0.201. The van der Waals surface area contributed by atoms with Crippen molar-refractivity contribution in [2.45, 2.75) is 27.3 Å². The summed E-state index contributed by atoms with van der Waals surface area (Å²) >= 11 is 1.07. The number of benzene rings is 1. The van der Waals surface area contributed by atoms with Crippen LogP contribution in [0.2, 0.25) is 0 Å². The predicted molar refractivity (Wildman–Crippen MR) is 102 cm³/mol. The van der Waals surface area contributed by atoms with Crippen molar-refractivity contribution in [3.63, 3.8) is 0 Å². The Labute approximate surface area is 159 Å². The fraction of sp³-hybridized carbons (Fsp3) is 0.316.